The van der Waals surface area contributed by atoms with Gasteiger partial charge in [0.05, 0.1) is 0 Å². The molecule has 0 spiro atoms. The molecule has 1 aromatic carbocycles. The molecule has 2 N–H and O–H groups in total. The highest BCUT2D eigenvalue weighted by atomic mass is 16.2. The third kappa shape index (κ3) is 5.41. The van der Waals surface area contributed by atoms with E-state index in [2.05, 4.69) is 28.8 Å². The molecule has 5 nitrogen and oxygen atoms in total. The lowest BCUT2D eigenvalue weighted by Gasteiger charge is -2.28. The van der Waals surface area contributed by atoms with Gasteiger partial charge in [-0.05, 0) is 24.0 Å². The van der Waals surface area contributed by atoms with E-state index in [-0.39, 0.29) is 17.9 Å². The molecule has 24 heavy (non-hydrogen) atoms. The molecule has 1 aliphatic rings. The molecule has 0 saturated heterocycles. The number of nitrogens with one attached hydrogen (secondary N) is 2. The van der Waals surface area contributed by atoms with E-state index in [1.165, 1.54) is 11.1 Å². The standard InChI is InChI=1S/C19H27N3O2/c1-15(2)18(23)20-11-7-12-21-19(24)22-13-6-10-17(14-22)16-8-4-3-5-9-16/h3-5,8-10,15H,6-7,11-14H2,1-2H3,(H,20,23)(H,21,24). The van der Waals surface area contributed by atoms with Crippen molar-refractivity contribution in [1.82, 2.24) is 15.5 Å². The van der Waals surface area contributed by atoms with Crippen molar-refractivity contribution in [2.24, 2.45) is 5.92 Å². The van der Waals surface area contributed by atoms with Crippen molar-refractivity contribution in [2.45, 2.75) is 26.7 Å². The molecule has 0 unspecified atom stereocenters. The molecule has 0 bridgehead atoms. The summed E-state index contributed by atoms with van der Waals surface area (Å²) in [7, 11) is 0. The summed E-state index contributed by atoms with van der Waals surface area (Å²) in [6.07, 6.45) is 3.82. The summed E-state index contributed by atoms with van der Waals surface area (Å²) < 4.78 is 0. The normalized spacial score (nSPS) is 14.3. The van der Waals surface area contributed by atoms with Gasteiger partial charge in [0, 0.05) is 32.1 Å². The third-order valence-electron chi connectivity index (χ3n) is 4.04. The lowest BCUT2D eigenvalue weighted by Crippen LogP contribution is -2.43. The Morgan fingerprint density at radius 3 is 2.54 bits per heavy atom. The minimum absolute atomic E-state index is 0.00358. The smallest absolute Gasteiger partial charge is 0.317 e. The summed E-state index contributed by atoms with van der Waals surface area (Å²) in [4.78, 5) is 25.6. The number of hydrogen-bond donors (Lipinski definition) is 2. The molecule has 1 heterocycles. The minimum atomic E-state index is -0.0354. The second-order valence-corrected chi connectivity index (χ2v) is 6.34. The highest BCUT2D eigenvalue weighted by molar-refractivity contribution is 5.79. The van der Waals surface area contributed by atoms with Crippen LogP contribution in [0.4, 0.5) is 4.79 Å². The van der Waals surface area contributed by atoms with E-state index >= 15 is 0 Å². The van der Waals surface area contributed by atoms with Crippen molar-refractivity contribution in [3.63, 3.8) is 0 Å². The van der Waals surface area contributed by atoms with Crippen LogP contribution in [0.2, 0.25) is 0 Å². The first-order chi connectivity index (χ1) is 11.6. The van der Waals surface area contributed by atoms with Gasteiger partial charge in [0.25, 0.3) is 0 Å². The number of benzene rings is 1. The predicted molar refractivity (Wildman–Crippen MR) is 96.5 cm³/mol. The molecule has 5 heteroatoms. The van der Waals surface area contributed by atoms with Crippen LogP contribution in [-0.2, 0) is 4.79 Å². The number of nitrogens with zero attached hydrogens (tertiary/aromatic N) is 1. The van der Waals surface area contributed by atoms with Crippen LogP contribution in [-0.4, -0.2) is 43.0 Å². The summed E-state index contributed by atoms with van der Waals surface area (Å²) in [6.45, 7) is 6.27. The second kappa shape index (κ2) is 9.11. The molecule has 0 aromatic heterocycles. The van der Waals surface area contributed by atoms with Gasteiger partial charge in [-0.15, -0.1) is 0 Å². The zero-order valence-corrected chi connectivity index (χ0v) is 14.5. The van der Waals surface area contributed by atoms with Gasteiger partial charge in [0.1, 0.15) is 0 Å². The zero-order valence-electron chi connectivity index (χ0n) is 14.5. The van der Waals surface area contributed by atoms with Crippen molar-refractivity contribution in [3.8, 4) is 0 Å². The van der Waals surface area contributed by atoms with E-state index in [1.54, 1.807) is 0 Å². The Morgan fingerprint density at radius 2 is 1.83 bits per heavy atom. The first-order valence-electron chi connectivity index (χ1n) is 8.63. The Balaban J connectivity index is 1.72. The molecule has 2 rings (SSSR count). The highest BCUT2D eigenvalue weighted by Gasteiger charge is 2.18. The molecule has 0 fully saturated rings. The van der Waals surface area contributed by atoms with Crippen molar-refractivity contribution in [2.75, 3.05) is 26.2 Å². The van der Waals surface area contributed by atoms with Gasteiger partial charge in [-0.3, -0.25) is 4.79 Å². The van der Waals surface area contributed by atoms with Crippen molar-refractivity contribution in [1.29, 1.82) is 0 Å². The van der Waals surface area contributed by atoms with Crippen LogP contribution < -0.4 is 10.6 Å². The third-order valence-corrected chi connectivity index (χ3v) is 4.04. The van der Waals surface area contributed by atoms with Gasteiger partial charge >= 0.3 is 6.03 Å². The minimum Gasteiger partial charge on any atom is -0.356 e. The Bertz CT molecular complexity index is 582. The fraction of sp³-hybridized carbons (Fsp3) is 0.474. The number of hydrogen-bond acceptors (Lipinski definition) is 2. The van der Waals surface area contributed by atoms with Gasteiger partial charge in [-0.1, -0.05) is 50.3 Å². The van der Waals surface area contributed by atoms with Crippen LogP contribution in [0.1, 0.15) is 32.3 Å². The van der Waals surface area contributed by atoms with Crippen molar-refractivity contribution < 1.29 is 9.59 Å². The maximum absolute atomic E-state index is 12.3. The second-order valence-electron chi connectivity index (χ2n) is 6.34. The van der Waals surface area contributed by atoms with Crippen molar-refractivity contribution >= 4 is 17.5 Å². The lowest BCUT2D eigenvalue weighted by atomic mass is 10.0. The molecule has 0 aliphatic carbocycles. The van der Waals surface area contributed by atoms with Crippen LogP contribution >= 0.6 is 0 Å². The summed E-state index contributed by atoms with van der Waals surface area (Å²) >= 11 is 0. The van der Waals surface area contributed by atoms with Crippen LogP contribution in [0.5, 0.6) is 0 Å². The van der Waals surface area contributed by atoms with E-state index in [0.717, 1.165) is 19.4 Å². The van der Waals surface area contributed by atoms with E-state index in [9.17, 15) is 9.59 Å². The Morgan fingerprint density at radius 1 is 1.12 bits per heavy atom. The number of urea groups is 1. The molecule has 130 valence electrons. The molecule has 3 amide bonds. The first kappa shape index (κ1) is 18.0. The van der Waals surface area contributed by atoms with E-state index < -0.39 is 0 Å². The number of amides is 3. The largest absolute Gasteiger partial charge is 0.356 e. The summed E-state index contributed by atoms with van der Waals surface area (Å²) in [5.41, 5.74) is 2.37. The SMILES string of the molecule is CC(C)C(=O)NCCCNC(=O)N1CCC=C(c2ccccc2)C1. The molecule has 0 radical (unpaired) electrons. The van der Waals surface area contributed by atoms with Gasteiger partial charge < -0.3 is 15.5 Å². The average molecular weight is 329 g/mol. The van der Waals surface area contributed by atoms with Crippen LogP contribution in [0.15, 0.2) is 36.4 Å². The van der Waals surface area contributed by atoms with Gasteiger partial charge in [-0.25, -0.2) is 4.79 Å². The summed E-state index contributed by atoms with van der Waals surface area (Å²) in [6, 6.07) is 10.1. The maximum Gasteiger partial charge on any atom is 0.317 e. The lowest BCUT2D eigenvalue weighted by molar-refractivity contribution is -0.123. The molecular formula is C19H27N3O2. The fourth-order valence-electron chi connectivity index (χ4n) is 2.59. The number of rotatable bonds is 6. The maximum atomic E-state index is 12.3. The molecule has 1 aromatic rings. The summed E-state index contributed by atoms with van der Waals surface area (Å²) in [5.74, 6) is 0.0473. The van der Waals surface area contributed by atoms with E-state index in [1.807, 2.05) is 36.9 Å². The van der Waals surface area contributed by atoms with E-state index in [4.69, 9.17) is 0 Å². The quantitative estimate of drug-likeness (QED) is 0.788. The molecule has 0 atom stereocenters. The zero-order chi connectivity index (χ0) is 17.4. The molecule has 1 aliphatic heterocycles. The molecule has 0 saturated carbocycles. The topological polar surface area (TPSA) is 61.4 Å². The average Bonchev–Trinajstić information content (AvgIpc) is 2.61. The first-order valence-corrected chi connectivity index (χ1v) is 8.63. The highest BCUT2D eigenvalue weighted by Crippen LogP contribution is 2.20. The fourth-order valence-corrected chi connectivity index (χ4v) is 2.59. The van der Waals surface area contributed by atoms with Crippen molar-refractivity contribution in [3.05, 3.63) is 42.0 Å². The summed E-state index contributed by atoms with van der Waals surface area (Å²) in [5, 5.41) is 5.79. The predicted octanol–water partition coefficient (Wildman–Crippen LogP) is 2.65. The van der Waals surface area contributed by atoms with Gasteiger partial charge in [-0.2, -0.15) is 0 Å². The Labute approximate surface area is 144 Å². The Kier molecular flexibility index (Phi) is 6.85. The monoisotopic (exact) mass is 329 g/mol. The van der Waals surface area contributed by atoms with Crippen LogP contribution in [0.25, 0.3) is 5.57 Å². The number of carbonyl (C=O) groups is 2. The molecular weight excluding hydrogens is 302 g/mol. The van der Waals surface area contributed by atoms with Gasteiger partial charge in [0.15, 0.2) is 0 Å². The number of carbonyl (C=O) groups excluding carboxylic acids is 2. The van der Waals surface area contributed by atoms with Crippen LogP contribution in [0, 0.1) is 5.92 Å². The van der Waals surface area contributed by atoms with Gasteiger partial charge in [0.2, 0.25) is 5.91 Å². The van der Waals surface area contributed by atoms with E-state index in [0.29, 0.717) is 19.6 Å². The Hall–Kier alpha value is -2.30. The van der Waals surface area contributed by atoms with Crippen LogP contribution in [0.3, 0.4) is 0 Å².